The number of methoxy groups -OCH3 is 1. The standard InChI is InChI=1S/C15H12BrFO3S/c1-20-14-5-2-10(17)6-9(14)8-21-11-3-4-13(16)12(7-11)15(18)19/h2-7H,8H2,1H3,(H,18,19). The highest BCUT2D eigenvalue weighted by molar-refractivity contribution is 9.10. The molecule has 0 saturated carbocycles. The van der Waals surface area contributed by atoms with Gasteiger partial charge >= 0.3 is 5.97 Å². The fourth-order valence-electron chi connectivity index (χ4n) is 1.78. The number of ether oxygens (including phenoxy) is 1. The summed E-state index contributed by atoms with van der Waals surface area (Å²) >= 11 is 4.62. The molecule has 0 aliphatic heterocycles. The highest BCUT2D eigenvalue weighted by Gasteiger charge is 2.10. The summed E-state index contributed by atoms with van der Waals surface area (Å²) in [4.78, 5) is 11.9. The minimum Gasteiger partial charge on any atom is -0.496 e. The van der Waals surface area contributed by atoms with Gasteiger partial charge in [0.1, 0.15) is 11.6 Å². The van der Waals surface area contributed by atoms with E-state index >= 15 is 0 Å². The minimum absolute atomic E-state index is 0.200. The quantitative estimate of drug-likeness (QED) is 0.782. The van der Waals surface area contributed by atoms with Crippen molar-refractivity contribution in [3.05, 3.63) is 57.8 Å². The average Bonchev–Trinajstić information content (AvgIpc) is 2.46. The predicted octanol–water partition coefficient (Wildman–Crippen LogP) is 4.59. The lowest BCUT2D eigenvalue weighted by Gasteiger charge is -2.09. The van der Waals surface area contributed by atoms with Crippen LogP contribution in [0.4, 0.5) is 4.39 Å². The number of benzene rings is 2. The molecule has 0 fully saturated rings. The van der Waals surface area contributed by atoms with Crippen LogP contribution in [0.3, 0.4) is 0 Å². The maximum Gasteiger partial charge on any atom is 0.336 e. The number of halogens is 2. The molecular formula is C15H12BrFO3S. The summed E-state index contributed by atoms with van der Waals surface area (Å²) in [5.41, 5.74) is 0.925. The molecule has 0 unspecified atom stereocenters. The largest absolute Gasteiger partial charge is 0.496 e. The van der Waals surface area contributed by atoms with Crippen LogP contribution >= 0.6 is 27.7 Å². The average molecular weight is 371 g/mol. The van der Waals surface area contributed by atoms with Crippen molar-refractivity contribution in [2.24, 2.45) is 0 Å². The fourth-order valence-corrected chi connectivity index (χ4v) is 3.11. The summed E-state index contributed by atoms with van der Waals surface area (Å²) < 4.78 is 19.0. The molecule has 0 saturated heterocycles. The van der Waals surface area contributed by atoms with Gasteiger partial charge in [-0.1, -0.05) is 0 Å². The lowest BCUT2D eigenvalue weighted by Crippen LogP contribution is -1.97. The van der Waals surface area contributed by atoms with Gasteiger partial charge in [-0.25, -0.2) is 9.18 Å². The van der Waals surface area contributed by atoms with Gasteiger partial charge in [0.15, 0.2) is 0 Å². The number of carbonyl (C=O) groups is 1. The van der Waals surface area contributed by atoms with E-state index in [2.05, 4.69) is 15.9 Å². The van der Waals surface area contributed by atoms with Gasteiger partial charge in [0.25, 0.3) is 0 Å². The molecule has 0 radical (unpaired) electrons. The zero-order chi connectivity index (χ0) is 15.4. The van der Waals surface area contributed by atoms with Gasteiger partial charge in [0, 0.05) is 20.7 Å². The Kier molecular flexibility index (Phi) is 5.25. The molecular weight excluding hydrogens is 359 g/mol. The van der Waals surface area contributed by atoms with Crippen LogP contribution in [0.2, 0.25) is 0 Å². The number of hydrogen-bond donors (Lipinski definition) is 1. The summed E-state index contributed by atoms with van der Waals surface area (Å²) in [7, 11) is 1.53. The number of rotatable bonds is 5. The van der Waals surface area contributed by atoms with E-state index in [1.165, 1.54) is 31.0 Å². The van der Waals surface area contributed by atoms with Crippen LogP contribution in [0.25, 0.3) is 0 Å². The van der Waals surface area contributed by atoms with Crippen LogP contribution in [0, 0.1) is 5.82 Å². The summed E-state index contributed by atoms with van der Waals surface area (Å²) in [6, 6.07) is 9.43. The number of carboxylic acid groups (broad SMARTS) is 1. The van der Waals surface area contributed by atoms with Gasteiger partial charge in [-0.3, -0.25) is 0 Å². The van der Waals surface area contributed by atoms with Crippen LogP contribution in [-0.4, -0.2) is 18.2 Å². The van der Waals surface area contributed by atoms with Crippen molar-refractivity contribution in [2.75, 3.05) is 7.11 Å². The van der Waals surface area contributed by atoms with E-state index in [9.17, 15) is 9.18 Å². The molecule has 3 nitrogen and oxygen atoms in total. The Labute approximate surface area is 134 Å². The maximum atomic E-state index is 13.3. The monoisotopic (exact) mass is 370 g/mol. The van der Waals surface area contributed by atoms with Crippen molar-refractivity contribution in [2.45, 2.75) is 10.6 Å². The van der Waals surface area contributed by atoms with Gasteiger partial charge < -0.3 is 9.84 Å². The molecule has 2 aromatic rings. The van der Waals surface area contributed by atoms with Crippen molar-refractivity contribution in [3.8, 4) is 5.75 Å². The van der Waals surface area contributed by atoms with Crippen LogP contribution < -0.4 is 4.74 Å². The van der Waals surface area contributed by atoms with Gasteiger partial charge in [-0.05, 0) is 52.3 Å². The molecule has 21 heavy (non-hydrogen) atoms. The molecule has 1 N–H and O–H groups in total. The van der Waals surface area contributed by atoms with E-state index in [0.717, 1.165) is 10.5 Å². The third-order valence-electron chi connectivity index (χ3n) is 2.81. The van der Waals surface area contributed by atoms with E-state index in [0.29, 0.717) is 16.0 Å². The lowest BCUT2D eigenvalue weighted by atomic mass is 10.2. The molecule has 0 spiro atoms. The second-order valence-corrected chi connectivity index (χ2v) is 6.09. The van der Waals surface area contributed by atoms with Crippen LogP contribution in [-0.2, 0) is 5.75 Å². The highest BCUT2D eigenvalue weighted by atomic mass is 79.9. The predicted molar refractivity (Wildman–Crippen MR) is 83.6 cm³/mol. The molecule has 0 aliphatic rings. The summed E-state index contributed by atoms with van der Waals surface area (Å²) in [6.45, 7) is 0. The third-order valence-corrected chi connectivity index (χ3v) is 4.54. The van der Waals surface area contributed by atoms with Gasteiger partial charge in [-0.2, -0.15) is 0 Å². The van der Waals surface area contributed by atoms with Crippen molar-refractivity contribution in [1.82, 2.24) is 0 Å². The molecule has 2 aromatic carbocycles. The number of hydrogen-bond acceptors (Lipinski definition) is 3. The second kappa shape index (κ2) is 6.95. The third kappa shape index (κ3) is 3.98. The lowest BCUT2D eigenvalue weighted by molar-refractivity contribution is 0.0695. The van der Waals surface area contributed by atoms with Crippen molar-refractivity contribution >= 4 is 33.7 Å². The second-order valence-electron chi connectivity index (χ2n) is 4.19. The Bertz CT molecular complexity index is 676. The van der Waals surface area contributed by atoms with Crippen molar-refractivity contribution < 1.29 is 19.0 Å². The number of thioether (sulfide) groups is 1. The SMILES string of the molecule is COc1ccc(F)cc1CSc1ccc(Br)c(C(=O)O)c1. The van der Waals surface area contributed by atoms with Crippen LogP contribution in [0.5, 0.6) is 5.75 Å². The number of carboxylic acids is 1. The normalized spacial score (nSPS) is 10.4. The van der Waals surface area contributed by atoms with E-state index in [4.69, 9.17) is 9.84 Å². The molecule has 0 amide bonds. The topological polar surface area (TPSA) is 46.5 Å². The summed E-state index contributed by atoms with van der Waals surface area (Å²) in [5, 5.41) is 9.09. The first-order chi connectivity index (χ1) is 10.0. The molecule has 6 heteroatoms. The first-order valence-corrected chi connectivity index (χ1v) is 7.77. The Morgan fingerprint density at radius 1 is 1.33 bits per heavy atom. The Morgan fingerprint density at radius 3 is 2.76 bits per heavy atom. The van der Waals surface area contributed by atoms with Crippen LogP contribution in [0.1, 0.15) is 15.9 Å². The molecule has 0 atom stereocenters. The van der Waals surface area contributed by atoms with Crippen LogP contribution in [0.15, 0.2) is 45.8 Å². The van der Waals surface area contributed by atoms with E-state index in [1.807, 2.05) is 6.07 Å². The summed E-state index contributed by atoms with van der Waals surface area (Å²) in [5.74, 6) is -0.220. The van der Waals surface area contributed by atoms with E-state index in [1.54, 1.807) is 18.2 Å². The van der Waals surface area contributed by atoms with E-state index in [-0.39, 0.29) is 11.4 Å². The fraction of sp³-hybridized carbons (Fsp3) is 0.133. The smallest absolute Gasteiger partial charge is 0.336 e. The first-order valence-electron chi connectivity index (χ1n) is 5.99. The Hall–Kier alpha value is -1.53. The zero-order valence-corrected chi connectivity index (χ0v) is 13.5. The zero-order valence-electron chi connectivity index (χ0n) is 11.1. The molecule has 2 rings (SSSR count). The van der Waals surface area contributed by atoms with Gasteiger partial charge in [0.2, 0.25) is 0 Å². The van der Waals surface area contributed by atoms with Gasteiger partial charge in [0.05, 0.1) is 12.7 Å². The maximum absolute atomic E-state index is 13.3. The summed E-state index contributed by atoms with van der Waals surface area (Å²) in [6.07, 6.45) is 0. The highest BCUT2D eigenvalue weighted by Crippen LogP contribution is 2.30. The molecule has 110 valence electrons. The molecule has 0 bridgehead atoms. The number of aromatic carboxylic acids is 1. The minimum atomic E-state index is -0.993. The van der Waals surface area contributed by atoms with Crippen molar-refractivity contribution in [1.29, 1.82) is 0 Å². The molecule has 0 aliphatic carbocycles. The Morgan fingerprint density at radius 2 is 2.10 bits per heavy atom. The Balaban J connectivity index is 2.19. The molecule has 0 heterocycles. The van der Waals surface area contributed by atoms with E-state index < -0.39 is 5.97 Å². The van der Waals surface area contributed by atoms with Crippen molar-refractivity contribution in [3.63, 3.8) is 0 Å². The van der Waals surface area contributed by atoms with Gasteiger partial charge in [-0.15, -0.1) is 11.8 Å². The first kappa shape index (κ1) is 15.9. The molecule has 0 aromatic heterocycles.